The van der Waals surface area contributed by atoms with Crippen molar-refractivity contribution in [2.45, 2.75) is 24.3 Å². The second kappa shape index (κ2) is 3.79. The zero-order valence-electron chi connectivity index (χ0n) is 6.62. The average molecular weight is 167 g/mol. The second-order valence-electron chi connectivity index (χ2n) is 2.61. The molecule has 0 aliphatic heterocycles. The Labute approximate surface area is 73.0 Å². The first-order valence-electron chi connectivity index (χ1n) is 3.78. The van der Waals surface area contributed by atoms with Crippen LogP contribution in [0.1, 0.15) is 24.9 Å². The molecular weight excluding hydrogens is 154 g/mol. The van der Waals surface area contributed by atoms with Crippen molar-refractivity contribution in [3.8, 4) is 0 Å². The summed E-state index contributed by atoms with van der Waals surface area (Å²) in [6, 6.07) is 8.13. The molecule has 0 saturated carbocycles. The Morgan fingerprint density at radius 3 is 2.82 bits per heavy atom. The first kappa shape index (κ1) is 8.62. The number of thiol groups is 1. The molecular formula is C9H13NS. The van der Waals surface area contributed by atoms with Crippen LogP contribution in [0.4, 0.5) is 0 Å². The maximum absolute atomic E-state index is 5.83. The summed E-state index contributed by atoms with van der Waals surface area (Å²) < 4.78 is 0. The highest BCUT2D eigenvalue weighted by Crippen LogP contribution is 2.16. The molecule has 0 aromatic heterocycles. The van der Waals surface area contributed by atoms with Crippen LogP contribution in [0.5, 0.6) is 0 Å². The third kappa shape index (κ3) is 2.24. The summed E-state index contributed by atoms with van der Waals surface area (Å²) in [7, 11) is 0. The SMILES string of the molecule is CCC(N)c1cccc(S)c1. The molecule has 0 amide bonds. The molecule has 0 aliphatic carbocycles. The van der Waals surface area contributed by atoms with Crippen LogP contribution in [-0.2, 0) is 0 Å². The van der Waals surface area contributed by atoms with Gasteiger partial charge in [-0.2, -0.15) is 0 Å². The van der Waals surface area contributed by atoms with Gasteiger partial charge in [0, 0.05) is 10.9 Å². The molecule has 0 bridgehead atoms. The number of hydrogen-bond acceptors (Lipinski definition) is 2. The van der Waals surface area contributed by atoms with Gasteiger partial charge in [-0.3, -0.25) is 0 Å². The van der Waals surface area contributed by atoms with Crippen molar-refractivity contribution in [3.05, 3.63) is 29.8 Å². The van der Waals surface area contributed by atoms with Crippen LogP contribution in [-0.4, -0.2) is 0 Å². The van der Waals surface area contributed by atoms with Crippen molar-refractivity contribution in [2.24, 2.45) is 5.73 Å². The summed E-state index contributed by atoms with van der Waals surface area (Å²) in [6.45, 7) is 2.08. The number of nitrogens with two attached hydrogens (primary N) is 1. The van der Waals surface area contributed by atoms with Crippen molar-refractivity contribution < 1.29 is 0 Å². The minimum absolute atomic E-state index is 0.155. The van der Waals surface area contributed by atoms with E-state index in [1.54, 1.807) is 0 Å². The monoisotopic (exact) mass is 167 g/mol. The van der Waals surface area contributed by atoms with Crippen LogP contribution in [0.25, 0.3) is 0 Å². The topological polar surface area (TPSA) is 26.0 Å². The highest BCUT2D eigenvalue weighted by molar-refractivity contribution is 7.80. The molecule has 1 nitrogen and oxygen atoms in total. The fourth-order valence-corrected chi connectivity index (χ4v) is 1.23. The lowest BCUT2D eigenvalue weighted by molar-refractivity contribution is 0.697. The van der Waals surface area contributed by atoms with E-state index in [-0.39, 0.29) is 6.04 Å². The number of hydrogen-bond donors (Lipinski definition) is 2. The van der Waals surface area contributed by atoms with Gasteiger partial charge in [0.25, 0.3) is 0 Å². The van der Waals surface area contributed by atoms with E-state index in [4.69, 9.17) is 5.73 Å². The van der Waals surface area contributed by atoms with Gasteiger partial charge in [-0.1, -0.05) is 19.1 Å². The highest BCUT2D eigenvalue weighted by Gasteiger charge is 2.01. The molecule has 0 spiro atoms. The van der Waals surface area contributed by atoms with Gasteiger partial charge in [0.15, 0.2) is 0 Å². The summed E-state index contributed by atoms with van der Waals surface area (Å²) in [5, 5.41) is 0. The summed E-state index contributed by atoms with van der Waals surface area (Å²) in [4.78, 5) is 0.978. The van der Waals surface area contributed by atoms with Crippen molar-refractivity contribution in [1.82, 2.24) is 0 Å². The van der Waals surface area contributed by atoms with E-state index in [9.17, 15) is 0 Å². The Morgan fingerprint density at radius 1 is 1.55 bits per heavy atom. The summed E-state index contributed by atoms with van der Waals surface area (Å²) in [5.41, 5.74) is 7.00. The third-order valence-corrected chi connectivity index (χ3v) is 2.02. The average Bonchev–Trinajstić information content (AvgIpc) is 2.03. The molecule has 2 N–H and O–H groups in total. The van der Waals surface area contributed by atoms with Gasteiger partial charge in [-0.25, -0.2) is 0 Å². The van der Waals surface area contributed by atoms with Crippen LogP contribution < -0.4 is 5.73 Å². The molecule has 0 saturated heterocycles. The smallest absolute Gasteiger partial charge is 0.0292 e. The normalized spacial score (nSPS) is 13.0. The van der Waals surface area contributed by atoms with Crippen molar-refractivity contribution in [3.63, 3.8) is 0 Å². The van der Waals surface area contributed by atoms with Crippen LogP contribution >= 0.6 is 12.6 Å². The Morgan fingerprint density at radius 2 is 2.27 bits per heavy atom. The zero-order valence-corrected chi connectivity index (χ0v) is 7.51. The first-order chi connectivity index (χ1) is 5.24. The molecule has 60 valence electrons. The Kier molecular flexibility index (Phi) is 2.97. The lowest BCUT2D eigenvalue weighted by atomic mass is 10.1. The third-order valence-electron chi connectivity index (χ3n) is 1.74. The summed E-state index contributed by atoms with van der Waals surface area (Å²) in [6.07, 6.45) is 0.969. The first-order valence-corrected chi connectivity index (χ1v) is 4.23. The highest BCUT2D eigenvalue weighted by atomic mass is 32.1. The van der Waals surface area contributed by atoms with Gasteiger partial charge in [0.05, 0.1) is 0 Å². The zero-order chi connectivity index (χ0) is 8.27. The maximum Gasteiger partial charge on any atom is 0.0292 e. The van der Waals surface area contributed by atoms with E-state index < -0.39 is 0 Å². The molecule has 2 heteroatoms. The lowest BCUT2D eigenvalue weighted by Gasteiger charge is -2.08. The van der Waals surface area contributed by atoms with Crippen LogP contribution in [0.15, 0.2) is 29.2 Å². The van der Waals surface area contributed by atoms with E-state index in [0.717, 1.165) is 11.3 Å². The molecule has 0 radical (unpaired) electrons. The quantitative estimate of drug-likeness (QED) is 0.650. The molecule has 1 unspecified atom stereocenters. The van der Waals surface area contributed by atoms with Crippen LogP contribution in [0, 0.1) is 0 Å². The van der Waals surface area contributed by atoms with E-state index in [0.29, 0.717) is 0 Å². The molecule has 1 aromatic carbocycles. The van der Waals surface area contributed by atoms with E-state index >= 15 is 0 Å². The largest absolute Gasteiger partial charge is 0.324 e. The number of benzene rings is 1. The Bertz CT molecular complexity index is 235. The van der Waals surface area contributed by atoms with Crippen molar-refractivity contribution in [2.75, 3.05) is 0 Å². The fraction of sp³-hybridized carbons (Fsp3) is 0.333. The molecule has 1 aromatic rings. The van der Waals surface area contributed by atoms with E-state index in [1.807, 2.05) is 24.3 Å². The van der Waals surface area contributed by atoms with Crippen LogP contribution in [0.3, 0.4) is 0 Å². The van der Waals surface area contributed by atoms with Gasteiger partial charge >= 0.3 is 0 Å². The molecule has 1 atom stereocenters. The number of rotatable bonds is 2. The second-order valence-corrected chi connectivity index (χ2v) is 3.13. The summed E-state index contributed by atoms with van der Waals surface area (Å²) >= 11 is 4.23. The van der Waals surface area contributed by atoms with E-state index in [2.05, 4.69) is 19.6 Å². The van der Waals surface area contributed by atoms with Crippen LogP contribution in [0.2, 0.25) is 0 Å². The van der Waals surface area contributed by atoms with Gasteiger partial charge in [0.2, 0.25) is 0 Å². The van der Waals surface area contributed by atoms with Gasteiger partial charge < -0.3 is 5.73 Å². The van der Waals surface area contributed by atoms with Gasteiger partial charge in [-0.05, 0) is 24.1 Å². The molecule has 0 aliphatic rings. The van der Waals surface area contributed by atoms with Crippen molar-refractivity contribution >= 4 is 12.6 Å². The molecule has 0 fully saturated rings. The maximum atomic E-state index is 5.83. The summed E-state index contributed by atoms with van der Waals surface area (Å²) in [5.74, 6) is 0. The standard InChI is InChI=1S/C9H13NS/c1-2-9(10)7-4-3-5-8(11)6-7/h3-6,9,11H,2,10H2,1H3. The predicted molar refractivity (Wildman–Crippen MR) is 50.9 cm³/mol. The predicted octanol–water partition coefficient (Wildman–Crippen LogP) is 2.39. The minimum Gasteiger partial charge on any atom is -0.324 e. The van der Waals surface area contributed by atoms with Crippen molar-refractivity contribution in [1.29, 1.82) is 0 Å². The minimum atomic E-state index is 0.155. The lowest BCUT2D eigenvalue weighted by Crippen LogP contribution is -2.08. The van der Waals surface area contributed by atoms with Gasteiger partial charge in [0.1, 0.15) is 0 Å². The molecule has 0 heterocycles. The molecule has 1 rings (SSSR count). The van der Waals surface area contributed by atoms with Gasteiger partial charge in [-0.15, -0.1) is 12.6 Å². The van der Waals surface area contributed by atoms with E-state index in [1.165, 1.54) is 5.56 Å². The Balaban J connectivity index is 2.86. The fourth-order valence-electron chi connectivity index (χ4n) is 0.991. The Hall–Kier alpha value is -0.470. The molecule has 11 heavy (non-hydrogen) atoms.